The second-order valence-corrected chi connectivity index (χ2v) is 4.22. The van der Waals surface area contributed by atoms with Crippen LogP contribution in [0.15, 0.2) is 18.2 Å². The molecule has 94 valence electrons. The van der Waals surface area contributed by atoms with Crippen LogP contribution < -0.4 is 0 Å². The lowest BCUT2D eigenvalue weighted by Crippen LogP contribution is -2.35. The van der Waals surface area contributed by atoms with Gasteiger partial charge in [-0.25, -0.2) is 4.39 Å². The molecule has 0 aromatic heterocycles. The Hall–Kier alpha value is -1.58. The van der Waals surface area contributed by atoms with Crippen LogP contribution in [-0.2, 0) is 0 Å². The fourth-order valence-electron chi connectivity index (χ4n) is 1.68. The highest BCUT2D eigenvalue weighted by Gasteiger charge is 2.20. The Labute approximate surface area is 101 Å². The van der Waals surface area contributed by atoms with Gasteiger partial charge in [-0.15, -0.1) is 0 Å². The molecule has 1 aromatic rings. The van der Waals surface area contributed by atoms with Gasteiger partial charge >= 0.3 is 0 Å². The van der Waals surface area contributed by atoms with Crippen molar-refractivity contribution in [1.29, 1.82) is 0 Å². The lowest BCUT2D eigenvalue weighted by molar-refractivity contribution is 0.0733. The SMILES string of the molecule is CCCC(C)N(C)C(=O)c1cc(F)ccc1O. The molecule has 0 saturated carbocycles. The van der Waals surface area contributed by atoms with Crippen molar-refractivity contribution in [3.63, 3.8) is 0 Å². The van der Waals surface area contributed by atoms with Crippen LogP contribution in [0.1, 0.15) is 37.0 Å². The molecule has 0 spiro atoms. The van der Waals surface area contributed by atoms with E-state index in [1.165, 1.54) is 11.0 Å². The number of amides is 1. The van der Waals surface area contributed by atoms with Gasteiger partial charge in [0.25, 0.3) is 5.91 Å². The lowest BCUT2D eigenvalue weighted by Gasteiger charge is -2.25. The van der Waals surface area contributed by atoms with Crippen molar-refractivity contribution in [2.75, 3.05) is 7.05 Å². The van der Waals surface area contributed by atoms with Gasteiger partial charge in [-0.05, 0) is 31.5 Å². The summed E-state index contributed by atoms with van der Waals surface area (Å²) >= 11 is 0. The van der Waals surface area contributed by atoms with E-state index in [0.717, 1.165) is 25.0 Å². The molecule has 1 N–H and O–H groups in total. The maximum Gasteiger partial charge on any atom is 0.257 e. The molecule has 0 heterocycles. The van der Waals surface area contributed by atoms with E-state index in [1.807, 2.05) is 13.8 Å². The molecule has 0 saturated heterocycles. The van der Waals surface area contributed by atoms with Crippen LogP contribution >= 0.6 is 0 Å². The van der Waals surface area contributed by atoms with Gasteiger partial charge in [0, 0.05) is 13.1 Å². The van der Waals surface area contributed by atoms with E-state index in [4.69, 9.17) is 0 Å². The molecule has 1 rings (SSSR count). The van der Waals surface area contributed by atoms with E-state index in [2.05, 4.69) is 0 Å². The number of phenolic OH excluding ortho intramolecular Hbond substituents is 1. The standard InChI is InChI=1S/C13H18FNO2/c1-4-5-9(2)15(3)13(17)11-8-10(14)6-7-12(11)16/h6-9,16H,4-5H2,1-3H3. The predicted octanol–water partition coefficient (Wildman–Crippen LogP) is 2.79. The molecule has 0 aliphatic carbocycles. The van der Waals surface area contributed by atoms with Gasteiger partial charge in [-0.1, -0.05) is 13.3 Å². The number of phenols is 1. The quantitative estimate of drug-likeness (QED) is 0.877. The van der Waals surface area contributed by atoms with Crippen molar-refractivity contribution < 1.29 is 14.3 Å². The maximum absolute atomic E-state index is 13.0. The Morgan fingerprint density at radius 2 is 2.18 bits per heavy atom. The first-order valence-corrected chi connectivity index (χ1v) is 5.73. The largest absolute Gasteiger partial charge is 0.507 e. The number of halogens is 1. The molecule has 3 nitrogen and oxygen atoms in total. The number of rotatable bonds is 4. The van der Waals surface area contributed by atoms with E-state index >= 15 is 0 Å². The second-order valence-electron chi connectivity index (χ2n) is 4.22. The van der Waals surface area contributed by atoms with Gasteiger partial charge in [-0.2, -0.15) is 0 Å². The van der Waals surface area contributed by atoms with Crippen molar-refractivity contribution >= 4 is 5.91 Å². The maximum atomic E-state index is 13.0. The fraction of sp³-hybridized carbons (Fsp3) is 0.462. The molecule has 1 aromatic carbocycles. The molecule has 1 unspecified atom stereocenters. The lowest BCUT2D eigenvalue weighted by atomic mass is 10.1. The van der Waals surface area contributed by atoms with Gasteiger partial charge in [0.15, 0.2) is 0 Å². The molecule has 1 atom stereocenters. The van der Waals surface area contributed by atoms with Crippen LogP contribution in [0.25, 0.3) is 0 Å². The zero-order chi connectivity index (χ0) is 13.0. The van der Waals surface area contributed by atoms with Gasteiger partial charge in [0.05, 0.1) is 5.56 Å². The summed E-state index contributed by atoms with van der Waals surface area (Å²) in [6, 6.07) is 3.45. The predicted molar refractivity (Wildman–Crippen MR) is 64.5 cm³/mol. The molecule has 0 fully saturated rings. The zero-order valence-corrected chi connectivity index (χ0v) is 10.4. The Balaban J connectivity index is 2.92. The monoisotopic (exact) mass is 239 g/mol. The summed E-state index contributed by atoms with van der Waals surface area (Å²) in [6.07, 6.45) is 1.84. The van der Waals surface area contributed by atoms with E-state index in [-0.39, 0.29) is 23.3 Å². The molecule has 17 heavy (non-hydrogen) atoms. The number of hydrogen-bond acceptors (Lipinski definition) is 2. The number of carbonyl (C=O) groups excluding carboxylic acids is 1. The Kier molecular flexibility index (Phi) is 4.49. The minimum atomic E-state index is -0.525. The minimum absolute atomic E-state index is 0.00968. The third-order valence-corrected chi connectivity index (χ3v) is 2.88. The first-order valence-electron chi connectivity index (χ1n) is 5.73. The van der Waals surface area contributed by atoms with Crippen molar-refractivity contribution in [2.45, 2.75) is 32.7 Å². The number of carbonyl (C=O) groups is 1. The van der Waals surface area contributed by atoms with Crippen LogP contribution in [0.5, 0.6) is 5.75 Å². The number of aromatic hydroxyl groups is 1. The van der Waals surface area contributed by atoms with Gasteiger partial charge in [0.2, 0.25) is 0 Å². The van der Waals surface area contributed by atoms with Crippen molar-refractivity contribution in [2.24, 2.45) is 0 Å². The highest BCUT2D eigenvalue weighted by atomic mass is 19.1. The van der Waals surface area contributed by atoms with Crippen molar-refractivity contribution in [3.05, 3.63) is 29.6 Å². The third kappa shape index (κ3) is 3.19. The van der Waals surface area contributed by atoms with E-state index in [1.54, 1.807) is 7.05 Å². The van der Waals surface area contributed by atoms with Crippen LogP contribution in [-0.4, -0.2) is 29.0 Å². The fourth-order valence-corrected chi connectivity index (χ4v) is 1.68. The molecule has 0 radical (unpaired) electrons. The van der Waals surface area contributed by atoms with Crippen LogP contribution in [0.4, 0.5) is 4.39 Å². The summed E-state index contributed by atoms with van der Waals surface area (Å²) in [4.78, 5) is 13.6. The summed E-state index contributed by atoms with van der Waals surface area (Å²) in [6.45, 7) is 3.96. The Morgan fingerprint density at radius 3 is 2.76 bits per heavy atom. The first kappa shape index (κ1) is 13.5. The summed E-state index contributed by atoms with van der Waals surface area (Å²) in [7, 11) is 1.66. The van der Waals surface area contributed by atoms with E-state index in [0.29, 0.717) is 0 Å². The molecule has 0 aliphatic heterocycles. The van der Waals surface area contributed by atoms with Crippen molar-refractivity contribution in [3.8, 4) is 5.75 Å². The molecular formula is C13H18FNO2. The van der Waals surface area contributed by atoms with Gasteiger partial charge in [-0.3, -0.25) is 4.79 Å². The average molecular weight is 239 g/mol. The smallest absolute Gasteiger partial charge is 0.257 e. The topological polar surface area (TPSA) is 40.5 Å². The first-order chi connectivity index (χ1) is 7.97. The summed E-state index contributed by atoms with van der Waals surface area (Å²) in [5.74, 6) is -1.07. The number of benzene rings is 1. The highest BCUT2D eigenvalue weighted by molar-refractivity contribution is 5.96. The molecular weight excluding hydrogens is 221 g/mol. The van der Waals surface area contributed by atoms with E-state index < -0.39 is 5.82 Å². The normalized spacial score (nSPS) is 12.2. The molecule has 1 amide bonds. The van der Waals surface area contributed by atoms with Gasteiger partial charge < -0.3 is 10.0 Å². The van der Waals surface area contributed by atoms with E-state index in [9.17, 15) is 14.3 Å². The second kappa shape index (κ2) is 5.66. The summed E-state index contributed by atoms with van der Waals surface area (Å²) in [5.41, 5.74) is 0.00968. The number of nitrogens with zero attached hydrogens (tertiary/aromatic N) is 1. The number of hydrogen-bond donors (Lipinski definition) is 1. The Morgan fingerprint density at radius 1 is 1.53 bits per heavy atom. The third-order valence-electron chi connectivity index (χ3n) is 2.88. The van der Waals surface area contributed by atoms with Crippen LogP contribution in [0, 0.1) is 5.82 Å². The summed E-state index contributed by atoms with van der Waals surface area (Å²) in [5, 5.41) is 9.55. The van der Waals surface area contributed by atoms with Crippen LogP contribution in [0.3, 0.4) is 0 Å². The van der Waals surface area contributed by atoms with Crippen LogP contribution in [0.2, 0.25) is 0 Å². The highest BCUT2D eigenvalue weighted by Crippen LogP contribution is 2.20. The average Bonchev–Trinajstić information content (AvgIpc) is 2.30. The molecule has 0 bridgehead atoms. The Bertz CT molecular complexity index is 406. The van der Waals surface area contributed by atoms with Crippen molar-refractivity contribution in [1.82, 2.24) is 4.90 Å². The summed E-state index contributed by atoms with van der Waals surface area (Å²) < 4.78 is 13.0. The molecule has 4 heteroatoms. The molecule has 0 aliphatic rings. The minimum Gasteiger partial charge on any atom is -0.507 e. The van der Waals surface area contributed by atoms with Gasteiger partial charge in [0.1, 0.15) is 11.6 Å². The zero-order valence-electron chi connectivity index (χ0n) is 10.4.